The predicted octanol–water partition coefficient (Wildman–Crippen LogP) is 2.37. The highest BCUT2D eigenvalue weighted by Crippen LogP contribution is 2.28. The maximum absolute atomic E-state index is 5.80. The van der Waals surface area contributed by atoms with Crippen molar-refractivity contribution in [2.75, 3.05) is 13.7 Å². The van der Waals surface area contributed by atoms with E-state index >= 15 is 0 Å². The van der Waals surface area contributed by atoms with Gasteiger partial charge in [-0.1, -0.05) is 19.9 Å². The topological polar surface area (TPSA) is 44.5 Å². The van der Waals surface area contributed by atoms with Crippen molar-refractivity contribution in [3.05, 3.63) is 23.8 Å². The van der Waals surface area contributed by atoms with Crippen LogP contribution in [0.3, 0.4) is 0 Å². The molecule has 0 radical (unpaired) electrons. The highest BCUT2D eigenvalue weighted by Gasteiger charge is 2.07. The number of nitrogens with two attached hydrogens (primary N) is 1. The van der Waals surface area contributed by atoms with Gasteiger partial charge < -0.3 is 15.2 Å². The Bertz CT molecular complexity index is 326. The van der Waals surface area contributed by atoms with E-state index in [1.54, 1.807) is 7.11 Å². The highest BCUT2D eigenvalue weighted by molar-refractivity contribution is 5.42. The van der Waals surface area contributed by atoms with Gasteiger partial charge in [0.1, 0.15) is 6.61 Å². The Labute approximate surface area is 97.6 Å². The molecule has 0 fully saturated rings. The Balaban J connectivity index is 2.71. The summed E-state index contributed by atoms with van der Waals surface area (Å²) in [6.45, 7) is 4.69. The fourth-order valence-electron chi connectivity index (χ4n) is 1.37. The van der Waals surface area contributed by atoms with Crippen molar-refractivity contribution in [2.24, 2.45) is 5.73 Å². The van der Waals surface area contributed by atoms with Gasteiger partial charge >= 0.3 is 0 Å². The minimum Gasteiger partial charge on any atom is -0.493 e. The number of ether oxygens (including phenoxy) is 2. The van der Waals surface area contributed by atoms with E-state index in [-0.39, 0.29) is 6.04 Å². The second-order valence-electron chi connectivity index (χ2n) is 3.82. The lowest BCUT2D eigenvalue weighted by molar-refractivity contribution is 0.269. The molecule has 1 aromatic rings. The van der Waals surface area contributed by atoms with E-state index in [1.807, 2.05) is 19.1 Å². The third-order valence-electron chi connectivity index (χ3n) is 2.61. The highest BCUT2D eigenvalue weighted by atomic mass is 16.5. The molecular formula is C13H21NO2. The Morgan fingerprint density at radius 2 is 2.00 bits per heavy atom. The molecule has 1 rings (SSSR count). The zero-order valence-corrected chi connectivity index (χ0v) is 10.3. The minimum absolute atomic E-state index is 0.0792. The standard InChI is InChI=1S/C13H21NO2/c1-4-10-6-7-12(13(8-10)15-3)16-9-11(14)5-2/h6-8,11H,4-5,9,14H2,1-3H3. The number of methoxy groups -OCH3 is 1. The number of hydrogen-bond acceptors (Lipinski definition) is 3. The summed E-state index contributed by atoms with van der Waals surface area (Å²) in [5, 5.41) is 0. The summed E-state index contributed by atoms with van der Waals surface area (Å²) < 4.78 is 10.9. The molecule has 2 N–H and O–H groups in total. The lowest BCUT2D eigenvalue weighted by Gasteiger charge is -2.14. The monoisotopic (exact) mass is 223 g/mol. The van der Waals surface area contributed by atoms with Gasteiger partial charge in [-0.25, -0.2) is 0 Å². The lowest BCUT2D eigenvalue weighted by Crippen LogP contribution is -2.26. The van der Waals surface area contributed by atoms with Gasteiger partial charge in [0.25, 0.3) is 0 Å². The molecule has 1 aromatic carbocycles. The van der Waals surface area contributed by atoms with Crippen LogP contribution < -0.4 is 15.2 Å². The second kappa shape index (κ2) is 6.38. The molecule has 1 atom stereocenters. The van der Waals surface area contributed by atoms with Crippen LogP contribution in [0.1, 0.15) is 25.8 Å². The molecule has 1 unspecified atom stereocenters. The van der Waals surface area contributed by atoms with Crippen molar-refractivity contribution >= 4 is 0 Å². The summed E-state index contributed by atoms with van der Waals surface area (Å²) in [6, 6.07) is 6.08. The average Bonchev–Trinajstić information content (AvgIpc) is 2.35. The zero-order valence-electron chi connectivity index (χ0n) is 10.3. The third kappa shape index (κ3) is 3.42. The summed E-state index contributed by atoms with van der Waals surface area (Å²) in [5.41, 5.74) is 7.04. The molecule has 0 aliphatic carbocycles. The van der Waals surface area contributed by atoms with Gasteiger partial charge in [0.2, 0.25) is 0 Å². The smallest absolute Gasteiger partial charge is 0.161 e. The van der Waals surface area contributed by atoms with Crippen molar-refractivity contribution in [3.8, 4) is 11.5 Å². The van der Waals surface area contributed by atoms with Crippen LogP contribution in [0.5, 0.6) is 11.5 Å². The number of benzene rings is 1. The van der Waals surface area contributed by atoms with Crippen LogP contribution in [0.15, 0.2) is 18.2 Å². The van der Waals surface area contributed by atoms with Crippen LogP contribution in [0, 0.1) is 0 Å². The normalized spacial score (nSPS) is 12.2. The molecule has 0 aromatic heterocycles. The molecule has 16 heavy (non-hydrogen) atoms. The van der Waals surface area contributed by atoms with Crippen LogP contribution >= 0.6 is 0 Å². The fourth-order valence-corrected chi connectivity index (χ4v) is 1.37. The molecule has 0 aliphatic rings. The van der Waals surface area contributed by atoms with E-state index in [9.17, 15) is 0 Å². The van der Waals surface area contributed by atoms with E-state index in [2.05, 4.69) is 13.0 Å². The maximum Gasteiger partial charge on any atom is 0.161 e. The van der Waals surface area contributed by atoms with Gasteiger partial charge in [-0.05, 0) is 30.5 Å². The fraction of sp³-hybridized carbons (Fsp3) is 0.538. The van der Waals surface area contributed by atoms with Crippen molar-refractivity contribution in [1.82, 2.24) is 0 Å². The number of aryl methyl sites for hydroxylation is 1. The Hall–Kier alpha value is -1.22. The number of rotatable bonds is 6. The average molecular weight is 223 g/mol. The van der Waals surface area contributed by atoms with Gasteiger partial charge in [-0.3, -0.25) is 0 Å². The Morgan fingerprint density at radius 1 is 1.25 bits per heavy atom. The van der Waals surface area contributed by atoms with Crippen LogP contribution in [-0.2, 0) is 6.42 Å². The van der Waals surface area contributed by atoms with Crippen molar-refractivity contribution in [1.29, 1.82) is 0 Å². The van der Waals surface area contributed by atoms with Crippen molar-refractivity contribution < 1.29 is 9.47 Å². The summed E-state index contributed by atoms with van der Waals surface area (Å²) in [6.07, 6.45) is 1.90. The van der Waals surface area contributed by atoms with Gasteiger partial charge in [0.05, 0.1) is 7.11 Å². The molecule has 0 heterocycles. The SMILES string of the molecule is CCc1ccc(OCC(N)CC)c(OC)c1. The zero-order chi connectivity index (χ0) is 12.0. The van der Waals surface area contributed by atoms with Crippen LogP contribution in [0.4, 0.5) is 0 Å². The van der Waals surface area contributed by atoms with Gasteiger partial charge in [0.15, 0.2) is 11.5 Å². The molecule has 0 amide bonds. The lowest BCUT2D eigenvalue weighted by atomic mass is 10.1. The quantitative estimate of drug-likeness (QED) is 0.805. The molecule has 3 heteroatoms. The first-order chi connectivity index (χ1) is 7.71. The summed E-state index contributed by atoms with van der Waals surface area (Å²) in [7, 11) is 1.65. The van der Waals surface area contributed by atoms with E-state index in [1.165, 1.54) is 5.56 Å². The Kier molecular flexibility index (Phi) is 5.12. The van der Waals surface area contributed by atoms with Gasteiger partial charge in [-0.15, -0.1) is 0 Å². The van der Waals surface area contributed by atoms with Crippen molar-refractivity contribution in [3.63, 3.8) is 0 Å². The Morgan fingerprint density at radius 3 is 2.56 bits per heavy atom. The maximum atomic E-state index is 5.80. The first-order valence-electron chi connectivity index (χ1n) is 5.76. The molecule has 0 spiro atoms. The van der Waals surface area contributed by atoms with Gasteiger partial charge in [0, 0.05) is 6.04 Å². The van der Waals surface area contributed by atoms with E-state index in [0.717, 1.165) is 24.3 Å². The molecular weight excluding hydrogens is 202 g/mol. The largest absolute Gasteiger partial charge is 0.493 e. The van der Waals surface area contributed by atoms with Crippen molar-refractivity contribution in [2.45, 2.75) is 32.7 Å². The summed E-state index contributed by atoms with van der Waals surface area (Å²) in [4.78, 5) is 0. The van der Waals surface area contributed by atoms with Crippen LogP contribution in [-0.4, -0.2) is 19.8 Å². The van der Waals surface area contributed by atoms with E-state index < -0.39 is 0 Å². The van der Waals surface area contributed by atoms with E-state index in [4.69, 9.17) is 15.2 Å². The number of hydrogen-bond donors (Lipinski definition) is 1. The van der Waals surface area contributed by atoms with Crippen LogP contribution in [0.25, 0.3) is 0 Å². The minimum atomic E-state index is 0.0792. The first-order valence-corrected chi connectivity index (χ1v) is 5.76. The van der Waals surface area contributed by atoms with E-state index in [0.29, 0.717) is 6.61 Å². The third-order valence-corrected chi connectivity index (χ3v) is 2.61. The molecule has 0 bridgehead atoms. The van der Waals surface area contributed by atoms with Crippen LogP contribution in [0.2, 0.25) is 0 Å². The predicted molar refractivity (Wildman–Crippen MR) is 66.1 cm³/mol. The second-order valence-corrected chi connectivity index (χ2v) is 3.82. The van der Waals surface area contributed by atoms with Gasteiger partial charge in [-0.2, -0.15) is 0 Å². The summed E-state index contributed by atoms with van der Waals surface area (Å²) in [5.74, 6) is 1.55. The molecule has 0 saturated heterocycles. The molecule has 3 nitrogen and oxygen atoms in total. The first kappa shape index (κ1) is 12.8. The molecule has 0 saturated carbocycles. The molecule has 90 valence electrons. The summed E-state index contributed by atoms with van der Waals surface area (Å²) >= 11 is 0. The molecule has 0 aliphatic heterocycles.